The maximum absolute atomic E-state index is 8.48. The molecule has 0 aromatic heterocycles. The zero-order valence-electron chi connectivity index (χ0n) is 11.7. The van der Waals surface area contributed by atoms with E-state index >= 15 is 0 Å². The normalized spacial score (nSPS) is 22.2. The molecule has 0 radical (unpaired) electrons. The van der Waals surface area contributed by atoms with E-state index < -0.39 is 5.79 Å². The van der Waals surface area contributed by atoms with E-state index in [2.05, 4.69) is 10.0 Å². The Bertz CT molecular complexity index is 472. The Kier molecular flexibility index (Phi) is 4.98. The summed E-state index contributed by atoms with van der Waals surface area (Å²) in [5.41, 5.74) is 9.54. The summed E-state index contributed by atoms with van der Waals surface area (Å²) in [5, 5.41) is 3.60. The average molecular weight is 277 g/mol. The van der Waals surface area contributed by atoms with Crippen molar-refractivity contribution < 1.29 is 14.2 Å². The van der Waals surface area contributed by atoms with Crippen LogP contribution in [0.2, 0.25) is 0 Å². The van der Waals surface area contributed by atoms with Crippen LogP contribution in [-0.4, -0.2) is 31.1 Å². The molecule has 6 heteroatoms. The van der Waals surface area contributed by atoms with E-state index in [1.54, 1.807) is 0 Å². The minimum absolute atomic E-state index is 0.223. The third-order valence-electron chi connectivity index (χ3n) is 3.08. The van der Waals surface area contributed by atoms with Crippen molar-refractivity contribution in [3.8, 4) is 0 Å². The summed E-state index contributed by atoms with van der Waals surface area (Å²) in [6.45, 7) is 4.83. The quantitative estimate of drug-likeness (QED) is 0.455. The summed E-state index contributed by atoms with van der Waals surface area (Å²) in [5.74, 6) is -0.616. The van der Waals surface area contributed by atoms with Crippen LogP contribution in [0.4, 0.5) is 0 Å². The molecule has 1 aliphatic rings. The van der Waals surface area contributed by atoms with Gasteiger partial charge in [-0.1, -0.05) is 35.4 Å². The first-order valence-corrected chi connectivity index (χ1v) is 6.59. The van der Waals surface area contributed by atoms with Crippen molar-refractivity contribution in [2.75, 3.05) is 13.2 Å². The Morgan fingerprint density at radius 2 is 2.20 bits per heavy atom. The molecule has 108 valence electrons. The van der Waals surface area contributed by atoms with Gasteiger partial charge in [-0.2, -0.15) is 0 Å². The molecular formula is C14H19N3O3. The first-order valence-electron chi connectivity index (χ1n) is 6.59. The maximum atomic E-state index is 8.48. The molecule has 1 fully saturated rings. The van der Waals surface area contributed by atoms with Gasteiger partial charge in [0.15, 0.2) is 5.79 Å². The Morgan fingerprint density at radius 1 is 1.45 bits per heavy atom. The van der Waals surface area contributed by atoms with Crippen molar-refractivity contribution in [1.29, 1.82) is 0 Å². The standard InChI is InChI=1S/C14H19N3O3/c1-14(2)19-10-13(20-14)12(8-16-17-15)18-9-11-6-4-3-5-7-11/h3-7,12-13H,8-10H2,1-2H3. The lowest BCUT2D eigenvalue weighted by molar-refractivity contribution is -0.156. The highest BCUT2D eigenvalue weighted by molar-refractivity contribution is 5.13. The van der Waals surface area contributed by atoms with Crippen LogP contribution in [0.25, 0.3) is 10.4 Å². The van der Waals surface area contributed by atoms with Crippen LogP contribution in [0.1, 0.15) is 19.4 Å². The van der Waals surface area contributed by atoms with E-state index in [1.165, 1.54) is 0 Å². The predicted molar refractivity (Wildman–Crippen MR) is 73.9 cm³/mol. The van der Waals surface area contributed by atoms with Gasteiger partial charge in [-0.05, 0) is 24.9 Å². The molecule has 1 saturated heterocycles. The monoisotopic (exact) mass is 277 g/mol. The average Bonchev–Trinajstić information content (AvgIpc) is 2.80. The van der Waals surface area contributed by atoms with E-state index in [4.69, 9.17) is 19.7 Å². The van der Waals surface area contributed by atoms with Gasteiger partial charge in [-0.25, -0.2) is 0 Å². The lowest BCUT2D eigenvalue weighted by Gasteiger charge is -2.23. The van der Waals surface area contributed by atoms with E-state index in [-0.39, 0.29) is 18.8 Å². The van der Waals surface area contributed by atoms with Crippen LogP contribution in [-0.2, 0) is 20.8 Å². The summed E-state index contributed by atoms with van der Waals surface area (Å²) in [6.07, 6.45) is -0.535. The molecule has 2 unspecified atom stereocenters. The second-order valence-corrected chi connectivity index (χ2v) is 5.12. The molecule has 1 aromatic rings. The summed E-state index contributed by atoms with van der Waals surface area (Å²) in [6, 6.07) is 9.84. The van der Waals surface area contributed by atoms with E-state index in [0.717, 1.165) is 5.56 Å². The fraction of sp³-hybridized carbons (Fsp3) is 0.571. The smallest absolute Gasteiger partial charge is 0.163 e. The minimum Gasteiger partial charge on any atom is -0.371 e. The van der Waals surface area contributed by atoms with Crippen molar-refractivity contribution in [2.45, 2.75) is 38.4 Å². The highest BCUT2D eigenvalue weighted by Crippen LogP contribution is 2.26. The molecule has 2 atom stereocenters. The fourth-order valence-electron chi connectivity index (χ4n) is 2.07. The first-order chi connectivity index (χ1) is 9.61. The van der Waals surface area contributed by atoms with Crippen molar-refractivity contribution in [3.05, 3.63) is 46.3 Å². The summed E-state index contributed by atoms with van der Waals surface area (Å²) >= 11 is 0. The minimum atomic E-state index is -0.616. The molecule has 1 heterocycles. The third-order valence-corrected chi connectivity index (χ3v) is 3.08. The van der Waals surface area contributed by atoms with Crippen molar-refractivity contribution in [2.24, 2.45) is 5.11 Å². The Hall–Kier alpha value is -1.59. The van der Waals surface area contributed by atoms with Gasteiger partial charge in [0.25, 0.3) is 0 Å². The SMILES string of the molecule is CC1(C)OCC(C(CN=[N+]=[N-])OCc2ccccc2)O1. The number of rotatable bonds is 6. The van der Waals surface area contributed by atoms with Crippen LogP contribution < -0.4 is 0 Å². The molecule has 1 aromatic carbocycles. The number of hydrogen-bond donors (Lipinski definition) is 0. The molecule has 0 amide bonds. The molecule has 0 N–H and O–H groups in total. The molecule has 1 aliphatic heterocycles. The number of benzene rings is 1. The van der Waals surface area contributed by atoms with Crippen molar-refractivity contribution in [3.63, 3.8) is 0 Å². The Morgan fingerprint density at radius 3 is 2.80 bits per heavy atom. The summed E-state index contributed by atoms with van der Waals surface area (Å²) in [4.78, 5) is 2.79. The Balaban J connectivity index is 1.95. The number of ether oxygens (including phenoxy) is 3. The highest BCUT2D eigenvalue weighted by Gasteiger charge is 2.37. The maximum Gasteiger partial charge on any atom is 0.163 e. The molecule has 0 bridgehead atoms. The second-order valence-electron chi connectivity index (χ2n) is 5.12. The third kappa shape index (κ3) is 4.21. The topological polar surface area (TPSA) is 76.5 Å². The van der Waals surface area contributed by atoms with Crippen molar-refractivity contribution in [1.82, 2.24) is 0 Å². The van der Waals surface area contributed by atoms with Crippen molar-refractivity contribution >= 4 is 0 Å². The molecule has 20 heavy (non-hydrogen) atoms. The second kappa shape index (κ2) is 6.72. The lowest BCUT2D eigenvalue weighted by atomic mass is 10.2. The molecule has 0 aliphatic carbocycles. The first kappa shape index (κ1) is 14.8. The number of hydrogen-bond acceptors (Lipinski definition) is 4. The van der Waals surface area contributed by atoms with Crippen LogP contribution in [0, 0.1) is 0 Å². The van der Waals surface area contributed by atoms with Crippen LogP contribution >= 0.6 is 0 Å². The van der Waals surface area contributed by atoms with Gasteiger partial charge >= 0.3 is 0 Å². The van der Waals surface area contributed by atoms with Crippen LogP contribution in [0.15, 0.2) is 35.4 Å². The summed E-state index contributed by atoms with van der Waals surface area (Å²) < 4.78 is 17.1. The van der Waals surface area contributed by atoms with Gasteiger partial charge in [0.2, 0.25) is 0 Å². The summed E-state index contributed by atoms with van der Waals surface area (Å²) in [7, 11) is 0. The van der Waals surface area contributed by atoms with Gasteiger partial charge in [0.1, 0.15) is 6.10 Å². The highest BCUT2D eigenvalue weighted by atomic mass is 16.7. The lowest BCUT2D eigenvalue weighted by Crippen LogP contribution is -2.35. The Labute approximate surface area is 118 Å². The zero-order valence-corrected chi connectivity index (χ0v) is 11.7. The van der Waals surface area contributed by atoms with Crippen LogP contribution in [0.5, 0.6) is 0 Å². The van der Waals surface area contributed by atoms with Gasteiger partial charge in [0, 0.05) is 4.91 Å². The van der Waals surface area contributed by atoms with Gasteiger partial charge < -0.3 is 14.2 Å². The molecule has 6 nitrogen and oxygen atoms in total. The fourth-order valence-corrected chi connectivity index (χ4v) is 2.07. The van der Waals surface area contributed by atoms with Crippen LogP contribution in [0.3, 0.4) is 0 Å². The predicted octanol–water partition coefficient (Wildman–Crippen LogP) is 3.03. The zero-order chi connectivity index (χ0) is 14.4. The number of nitrogens with zero attached hydrogens (tertiary/aromatic N) is 3. The van der Waals surface area contributed by atoms with E-state index in [1.807, 2.05) is 44.2 Å². The van der Waals surface area contributed by atoms with Gasteiger partial charge in [0.05, 0.1) is 25.9 Å². The largest absolute Gasteiger partial charge is 0.371 e. The molecule has 0 spiro atoms. The van der Waals surface area contributed by atoms with Gasteiger partial charge in [-0.3, -0.25) is 0 Å². The molecule has 0 saturated carbocycles. The van der Waals surface area contributed by atoms with Gasteiger partial charge in [-0.15, -0.1) is 0 Å². The number of azide groups is 1. The molecule has 2 rings (SSSR count). The molecular weight excluding hydrogens is 258 g/mol. The van der Waals surface area contributed by atoms with E-state index in [9.17, 15) is 0 Å². The van der Waals surface area contributed by atoms with E-state index in [0.29, 0.717) is 13.2 Å².